The van der Waals surface area contributed by atoms with Crippen molar-refractivity contribution in [2.45, 2.75) is 0 Å². The van der Waals surface area contributed by atoms with Crippen molar-refractivity contribution < 1.29 is 24.6 Å². The van der Waals surface area contributed by atoms with E-state index in [1.165, 1.54) is 0 Å². The maximum atomic E-state index is 10.4. The molecule has 0 fully saturated rings. The summed E-state index contributed by atoms with van der Waals surface area (Å²) in [5.41, 5.74) is -1.47. The highest BCUT2D eigenvalue weighted by Gasteiger charge is 2.07. The topological polar surface area (TPSA) is 110 Å². The van der Waals surface area contributed by atoms with Gasteiger partial charge >= 0.3 is 0 Å². The summed E-state index contributed by atoms with van der Waals surface area (Å²) < 4.78 is 0. The van der Waals surface area contributed by atoms with Crippen LogP contribution in [0.15, 0.2) is 12.3 Å². The van der Waals surface area contributed by atoms with Gasteiger partial charge in [0, 0.05) is 17.3 Å². The van der Waals surface area contributed by atoms with Crippen molar-refractivity contribution in [1.29, 1.82) is 0 Å². The molecule has 0 aliphatic rings. The Morgan fingerprint density at radius 3 is 2.36 bits per heavy atom. The van der Waals surface area contributed by atoms with E-state index in [2.05, 4.69) is 4.98 Å². The molecule has 0 unspecified atom stereocenters. The normalized spacial score (nSPS) is 9.43. The number of carboxylic acid groups (broad SMARTS) is 2. The molecule has 0 bridgehead atoms. The average molecular weight is 193 g/mol. The molecule has 0 saturated carbocycles. The highest BCUT2D eigenvalue weighted by molar-refractivity contribution is 5.99. The molecule has 1 aromatic heterocycles. The molecule has 1 rings (SSSR count). The Hall–Kier alpha value is -2.24. The van der Waals surface area contributed by atoms with Gasteiger partial charge in [-0.2, -0.15) is 0 Å². The zero-order chi connectivity index (χ0) is 10.7. The molecule has 0 aliphatic carbocycles. The molecule has 0 aromatic carbocycles. The highest BCUT2D eigenvalue weighted by Crippen LogP contribution is 2.06. The number of rotatable bonds is 3. The standard InChI is InChI=1S/C8H5NO5/c10-3-4-1-5(7(11)12)6(8(13)14)9-2-4/h1-3H,(H,11,12)(H,13,14)/p-2. The van der Waals surface area contributed by atoms with Gasteiger partial charge in [-0.3, -0.25) is 9.78 Å². The fourth-order valence-electron chi connectivity index (χ4n) is 0.864. The molecule has 1 aromatic rings. The maximum absolute atomic E-state index is 10.4. The Labute approximate surface area is 77.8 Å². The van der Waals surface area contributed by atoms with E-state index in [1.54, 1.807) is 0 Å². The summed E-state index contributed by atoms with van der Waals surface area (Å²) in [6.45, 7) is 0. The first-order valence-electron chi connectivity index (χ1n) is 3.44. The molecule has 6 nitrogen and oxygen atoms in total. The number of carbonyl (C=O) groups is 3. The number of nitrogens with zero attached hydrogens (tertiary/aromatic N) is 1. The number of carboxylic acids is 2. The Bertz CT molecular complexity index is 412. The Morgan fingerprint density at radius 1 is 1.29 bits per heavy atom. The first-order chi connectivity index (χ1) is 6.56. The third-order valence-electron chi connectivity index (χ3n) is 1.46. The van der Waals surface area contributed by atoms with Gasteiger partial charge in [0.05, 0.1) is 17.6 Å². The van der Waals surface area contributed by atoms with Crippen molar-refractivity contribution in [3.63, 3.8) is 0 Å². The van der Waals surface area contributed by atoms with E-state index in [-0.39, 0.29) is 5.56 Å². The fourth-order valence-corrected chi connectivity index (χ4v) is 0.864. The largest absolute Gasteiger partial charge is 0.545 e. The Morgan fingerprint density at radius 2 is 1.93 bits per heavy atom. The predicted molar refractivity (Wildman–Crippen MR) is 38.3 cm³/mol. The van der Waals surface area contributed by atoms with Crippen molar-refractivity contribution >= 4 is 18.2 Å². The summed E-state index contributed by atoms with van der Waals surface area (Å²) in [6, 6.07) is 0.862. The van der Waals surface area contributed by atoms with E-state index in [0.717, 1.165) is 12.3 Å². The second kappa shape index (κ2) is 3.65. The minimum absolute atomic E-state index is 0.0470. The van der Waals surface area contributed by atoms with E-state index in [0.29, 0.717) is 6.29 Å². The second-order valence-electron chi connectivity index (χ2n) is 2.36. The number of pyridine rings is 1. The van der Waals surface area contributed by atoms with Gasteiger partial charge in [0.1, 0.15) is 0 Å². The Kier molecular flexibility index (Phi) is 2.57. The number of carbonyl (C=O) groups excluding carboxylic acids is 3. The van der Waals surface area contributed by atoms with Gasteiger partial charge in [-0.1, -0.05) is 0 Å². The molecule has 0 N–H and O–H groups in total. The van der Waals surface area contributed by atoms with Gasteiger partial charge in [0.2, 0.25) is 0 Å². The van der Waals surface area contributed by atoms with E-state index < -0.39 is 23.2 Å². The van der Waals surface area contributed by atoms with Gasteiger partial charge in [-0.05, 0) is 6.07 Å². The van der Waals surface area contributed by atoms with Crippen LogP contribution in [0.3, 0.4) is 0 Å². The molecule has 0 aliphatic heterocycles. The van der Waals surface area contributed by atoms with E-state index in [4.69, 9.17) is 0 Å². The molecule has 0 spiro atoms. The lowest BCUT2D eigenvalue weighted by Crippen LogP contribution is -2.31. The van der Waals surface area contributed by atoms with Crippen molar-refractivity contribution in [2.24, 2.45) is 0 Å². The monoisotopic (exact) mass is 193 g/mol. The molecule has 0 saturated heterocycles. The van der Waals surface area contributed by atoms with Crippen LogP contribution >= 0.6 is 0 Å². The summed E-state index contributed by atoms with van der Waals surface area (Å²) in [6.07, 6.45) is 1.28. The first-order valence-corrected chi connectivity index (χ1v) is 3.44. The third kappa shape index (κ3) is 1.74. The summed E-state index contributed by atoms with van der Waals surface area (Å²) in [5, 5.41) is 20.8. The molecule has 0 radical (unpaired) electrons. The third-order valence-corrected chi connectivity index (χ3v) is 1.46. The molecule has 0 atom stereocenters. The molecule has 72 valence electrons. The van der Waals surface area contributed by atoms with Crippen LogP contribution in [-0.2, 0) is 0 Å². The number of hydrogen-bond donors (Lipinski definition) is 0. The number of hydrogen-bond acceptors (Lipinski definition) is 6. The summed E-state index contributed by atoms with van der Waals surface area (Å²) in [4.78, 5) is 34.3. The number of aromatic nitrogens is 1. The zero-order valence-electron chi connectivity index (χ0n) is 6.72. The van der Waals surface area contributed by atoms with Crippen molar-refractivity contribution in [1.82, 2.24) is 4.98 Å². The van der Waals surface area contributed by atoms with E-state index >= 15 is 0 Å². The lowest BCUT2D eigenvalue weighted by molar-refractivity contribution is -0.260. The highest BCUT2D eigenvalue weighted by atomic mass is 16.4. The maximum Gasteiger partial charge on any atom is 0.151 e. The smallest absolute Gasteiger partial charge is 0.151 e. The fraction of sp³-hybridized carbons (Fsp3) is 0. The van der Waals surface area contributed by atoms with E-state index in [9.17, 15) is 24.6 Å². The van der Waals surface area contributed by atoms with Crippen LogP contribution < -0.4 is 10.2 Å². The van der Waals surface area contributed by atoms with Gasteiger partial charge in [-0.25, -0.2) is 0 Å². The lowest BCUT2D eigenvalue weighted by Gasteiger charge is -2.09. The van der Waals surface area contributed by atoms with Crippen LogP contribution in [0, 0.1) is 0 Å². The van der Waals surface area contributed by atoms with Crippen LogP contribution in [0.1, 0.15) is 31.2 Å². The summed E-state index contributed by atoms with van der Waals surface area (Å²) >= 11 is 0. The van der Waals surface area contributed by atoms with Gasteiger partial charge in [0.25, 0.3) is 0 Å². The molecule has 1 heterocycles. The number of aromatic carboxylic acids is 2. The molecular formula is C8H3NO5-2. The van der Waals surface area contributed by atoms with Crippen LogP contribution in [0.5, 0.6) is 0 Å². The van der Waals surface area contributed by atoms with Gasteiger partial charge < -0.3 is 19.8 Å². The SMILES string of the molecule is O=Cc1cnc(C(=O)[O-])c(C(=O)[O-])c1. The van der Waals surface area contributed by atoms with Crippen LogP contribution in [-0.4, -0.2) is 23.2 Å². The first kappa shape index (κ1) is 9.85. The summed E-state index contributed by atoms with van der Waals surface area (Å²) in [5.74, 6) is -3.46. The van der Waals surface area contributed by atoms with Crippen LogP contribution in [0.25, 0.3) is 0 Å². The van der Waals surface area contributed by atoms with Gasteiger partial charge in [0.15, 0.2) is 6.29 Å². The lowest BCUT2D eigenvalue weighted by atomic mass is 10.1. The molecule has 14 heavy (non-hydrogen) atoms. The van der Waals surface area contributed by atoms with Crippen LogP contribution in [0.4, 0.5) is 0 Å². The molecule has 6 heteroatoms. The molecule has 0 amide bonds. The minimum atomic E-state index is -1.73. The zero-order valence-corrected chi connectivity index (χ0v) is 6.72. The van der Waals surface area contributed by atoms with Crippen molar-refractivity contribution in [2.75, 3.05) is 0 Å². The van der Waals surface area contributed by atoms with Gasteiger partial charge in [-0.15, -0.1) is 0 Å². The number of aldehydes is 1. The predicted octanol–water partition coefficient (Wildman–Crippen LogP) is -2.38. The minimum Gasteiger partial charge on any atom is -0.545 e. The Balaban J connectivity index is 3.38. The van der Waals surface area contributed by atoms with Crippen LogP contribution in [0.2, 0.25) is 0 Å². The van der Waals surface area contributed by atoms with Crippen molar-refractivity contribution in [3.05, 3.63) is 29.1 Å². The summed E-state index contributed by atoms with van der Waals surface area (Å²) in [7, 11) is 0. The average Bonchev–Trinajstić information content (AvgIpc) is 2.16. The van der Waals surface area contributed by atoms with Crippen molar-refractivity contribution in [3.8, 4) is 0 Å². The second-order valence-corrected chi connectivity index (χ2v) is 2.36. The van der Waals surface area contributed by atoms with E-state index in [1.807, 2.05) is 0 Å². The molecular weight excluding hydrogens is 190 g/mol. The quantitative estimate of drug-likeness (QED) is 0.495.